The molecule has 0 saturated carbocycles. The predicted molar refractivity (Wildman–Crippen MR) is 139 cm³/mol. The first-order chi connectivity index (χ1) is 18.8. The first-order valence-corrected chi connectivity index (χ1v) is 12.1. The molecule has 2 aromatic rings. The molecule has 2 aromatic carbocycles. The number of nitrogens with two attached hydrogens (primary N) is 2. The SMILES string of the molecule is NC(=O)CC(N)C(=O)NC(Cc1ccc(O)cc1)C(=O)NC(CC(=O)O)C(=O)NC(Cc1ccccc1)C(=O)O. The third-order valence-corrected chi connectivity index (χ3v) is 5.68. The summed E-state index contributed by atoms with van der Waals surface area (Å²) in [5.41, 5.74) is 11.8. The highest BCUT2D eigenvalue weighted by molar-refractivity contribution is 5.96. The van der Waals surface area contributed by atoms with Crippen molar-refractivity contribution >= 4 is 35.6 Å². The van der Waals surface area contributed by atoms with E-state index < -0.39 is 72.6 Å². The van der Waals surface area contributed by atoms with E-state index in [-0.39, 0.29) is 18.6 Å². The van der Waals surface area contributed by atoms with Gasteiger partial charge in [-0.3, -0.25) is 24.0 Å². The summed E-state index contributed by atoms with van der Waals surface area (Å²) in [6, 6.07) is 8.07. The summed E-state index contributed by atoms with van der Waals surface area (Å²) in [5, 5.41) is 35.3. The van der Waals surface area contributed by atoms with Gasteiger partial charge in [0, 0.05) is 12.8 Å². The average molecular weight is 558 g/mol. The van der Waals surface area contributed by atoms with Crippen LogP contribution in [0.15, 0.2) is 54.6 Å². The quantitative estimate of drug-likeness (QED) is 0.124. The molecule has 0 aliphatic rings. The summed E-state index contributed by atoms with van der Waals surface area (Å²) in [6.07, 6.45) is -1.68. The number of nitrogens with one attached hydrogen (secondary N) is 3. The van der Waals surface area contributed by atoms with E-state index in [4.69, 9.17) is 11.5 Å². The summed E-state index contributed by atoms with van der Waals surface area (Å²) in [5.74, 6) is -6.71. The van der Waals surface area contributed by atoms with Gasteiger partial charge in [0.15, 0.2) is 0 Å². The van der Waals surface area contributed by atoms with Crippen molar-refractivity contribution in [2.24, 2.45) is 11.5 Å². The Morgan fingerprint density at radius 3 is 1.73 bits per heavy atom. The number of carboxylic acids is 2. The van der Waals surface area contributed by atoms with Gasteiger partial charge >= 0.3 is 11.9 Å². The molecule has 0 saturated heterocycles. The molecular formula is C26H31N5O9. The number of benzene rings is 2. The highest BCUT2D eigenvalue weighted by Crippen LogP contribution is 2.12. The van der Waals surface area contributed by atoms with E-state index in [9.17, 15) is 44.1 Å². The lowest BCUT2D eigenvalue weighted by Gasteiger charge is -2.24. The zero-order chi connectivity index (χ0) is 29.8. The van der Waals surface area contributed by atoms with Gasteiger partial charge in [-0.05, 0) is 23.3 Å². The standard InChI is InChI=1S/C26H31N5O9/c27-17(12-21(28)33)23(36)29-18(10-15-6-8-16(32)9-7-15)24(37)30-19(13-22(34)35)25(38)31-20(26(39)40)11-14-4-2-1-3-5-14/h1-9,17-20,32H,10-13,27H2,(H2,28,33)(H,29,36)(H,30,37)(H,31,38)(H,34,35)(H,39,40). The van der Waals surface area contributed by atoms with Crippen molar-refractivity contribution in [1.29, 1.82) is 0 Å². The fraction of sp³-hybridized carbons (Fsp3) is 0.308. The van der Waals surface area contributed by atoms with Gasteiger partial charge in [0.05, 0.1) is 18.9 Å². The van der Waals surface area contributed by atoms with Gasteiger partial charge in [-0.15, -0.1) is 0 Å². The molecule has 0 aliphatic carbocycles. The van der Waals surface area contributed by atoms with Crippen LogP contribution in [-0.4, -0.2) is 75.1 Å². The number of carbonyl (C=O) groups excluding carboxylic acids is 4. The molecule has 4 amide bonds. The van der Waals surface area contributed by atoms with Crippen molar-refractivity contribution in [2.75, 3.05) is 0 Å². The first-order valence-electron chi connectivity index (χ1n) is 12.1. The average Bonchev–Trinajstić information content (AvgIpc) is 2.88. The molecule has 40 heavy (non-hydrogen) atoms. The minimum absolute atomic E-state index is 0.0565. The largest absolute Gasteiger partial charge is 0.508 e. The molecule has 214 valence electrons. The van der Waals surface area contributed by atoms with Crippen LogP contribution in [0.4, 0.5) is 0 Å². The van der Waals surface area contributed by atoms with Crippen molar-refractivity contribution < 1.29 is 44.1 Å². The molecule has 0 spiro atoms. The number of rotatable bonds is 15. The second-order valence-electron chi connectivity index (χ2n) is 8.96. The van der Waals surface area contributed by atoms with Crippen LogP contribution < -0.4 is 27.4 Å². The maximum absolute atomic E-state index is 13.2. The van der Waals surface area contributed by atoms with Crippen LogP contribution in [-0.2, 0) is 41.6 Å². The lowest BCUT2D eigenvalue weighted by atomic mass is 10.0. The van der Waals surface area contributed by atoms with Gasteiger partial charge in [0.25, 0.3) is 0 Å². The number of phenolic OH excluding ortho intramolecular Hbond substituents is 1. The number of carboxylic acid groups (broad SMARTS) is 2. The minimum atomic E-state index is -1.71. The topological polar surface area (TPSA) is 251 Å². The summed E-state index contributed by atoms with van der Waals surface area (Å²) in [7, 11) is 0. The van der Waals surface area contributed by atoms with Crippen LogP contribution in [0.1, 0.15) is 24.0 Å². The van der Waals surface area contributed by atoms with Crippen LogP contribution >= 0.6 is 0 Å². The van der Waals surface area contributed by atoms with Crippen LogP contribution in [0.2, 0.25) is 0 Å². The van der Waals surface area contributed by atoms with Crippen LogP contribution in [0.3, 0.4) is 0 Å². The lowest BCUT2D eigenvalue weighted by Crippen LogP contribution is -2.58. The third-order valence-electron chi connectivity index (χ3n) is 5.68. The molecule has 2 rings (SSSR count). The molecule has 0 bridgehead atoms. The number of hydrogen-bond donors (Lipinski definition) is 8. The van der Waals surface area contributed by atoms with Gasteiger partial charge < -0.3 is 42.7 Å². The maximum atomic E-state index is 13.2. The van der Waals surface area contributed by atoms with E-state index in [1.807, 2.05) is 0 Å². The first kappa shape index (κ1) is 31.2. The van der Waals surface area contributed by atoms with E-state index in [0.29, 0.717) is 11.1 Å². The van der Waals surface area contributed by atoms with Crippen LogP contribution in [0.25, 0.3) is 0 Å². The van der Waals surface area contributed by atoms with Gasteiger partial charge in [-0.2, -0.15) is 0 Å². The van der Waals surface area contributed by atoms with Crippen molar-refractivity contribution in [2.45, 2.75) is 49.9 Å². The Hall–Kier alpha value is -4.98. The maximum Gasteiger partial charge on any atom is 0.326 e. The summed E-state index contributed by atoms with van der Waals surface area (Å²) >= 11 is 0. The number of carbonyl (C=O) groups is 6. The molecule has 14 nitrogen and oxygen atoms in total. The molecule has 14 heteroatoms. The van der Waals surface area contributed by atoms with Gasteiger partial charge in [0.1, 0.15) is 23.9 Å². The van der Waals surface area contributed by atoms with Crippen molar-refractivity contribution in [3.05, 3.63) is 65.7 Å². The van der Waals surface area contributed by atoms with Gasteiger partial charge in [0.2, 0.25) is 23.6 Å². The number of aromatic hydroxyl groups is 1. The van der Waals surface area contributed by atoms with Gasteiger partial charge in [-0.25, -0.2) is 4.79 Å². The predicted octanol–water partition coefficient (Wildman–Crippen LogP) is -1.61. The smallest absolute Gasteiger partial charge is 0.326 e. The highest BCUT2D eigenvalue weighted by Gasteiger charge is 2.32. The van der Waals surface area contributed by atoms with E-state index in [1.165, 1.54) is 24.3 Å². The molecule has 0 fully saturated rings. The van der Waals surface area contributed by atoms with Crippen molar-refractivity contribution in [3.8, 4) is 5.75 Å². The summed E-state index contributed by atoms with van der Waals surface area (Å²) in [4.78, 5) is 73.1. The summed E-state index contributed by atoms with van der Waals surface area (Å²) < 4.78 is 0. The molecule has 0 radical (unpaired) electrons. The second-order valence-corrected chi connectivity index (χ2v) is 8.96. The molecule has 0 heterocycles. The second kappa shape index (κ2) is 14.8. The zero-order valence-corrected chi connectivity index (χ0v) is 21.3. The zero-order valence-electron chi connectivity index (χ0n) is 21.3. The Kier molecular flexibility index (Phi) is 11.6. The molecule has 0 aliphatic heterocycles. The number of hydrogen-bond acceptors (Lipinski definition) is 8. The van der Waals surface area contributed by atoms with Gasteiger partial charge in [-0.1, -0.05) is 42.5 Å². The normalized spacial score (nSPS) is 13.6. The molecule has 0 aromatic heterocycles. The number of phenols is 1. The fourth-order valence-electron chi connectivity index (χ4n) is 3.64. The minimum Gasteiger partial charge on any atom is -0.508 e. The van der Waals surface area contributed by atoms with Crippen molar-refractivity contribution in [1.82, 2.24) is 16.0 Å². The summed E-state index contributed by atoms with van der Waals surface area (Å²) in [6.45, 7) is 0. The number of primary amides is 1. The van der Waals surface area contributed by atoms with E-state index >= 15 is 0 Å². The third kappa shape index (κ3) is 10.4. The Bertz CT molecular complexity index is 1220. The molecule has 4 atom stereocenters. The van der Waals surface area contributed by atoms with E-state index in [2.05, 4.69) is 16.0 Å². The van der Waals surface area contributed by atoms with E-state index in [0.717, 1.165) is 0 Å². The fourth-order valence-corrected chi connectivity index (χ4v) is 3.64. The van der Waals surface area contributed by atoms with Crippen molar-refractivity contribution in [3.63, 3.8) is 0 Å². The monoisotopic (exact) mass is 557 g/mol. The number of aliphatic carboxylic acids is 2. The highest BCUT2D eigenvalue weighted by atomic mass is 16.4. The Balaban J connectivity index is 2.24. The Morgan fingerprint density at radius 1 is 0.675 bits per heavy atom. The van der Waals surface area contributed by atoms with Crippen LogP contribution in [0, 0.1) is 0 Å². The molecule has 10 N–H and O–H groups in total. The van der Waals surface area contributed by atoms with Crippen LogP contribution in [0.5, 0.6) is 5.75 Å². The lowest BCUT2D eigenvalue weighted by molar-refractivity contribution is -0.143. The number of amides is 4. The van der Waals surface area contributed by atoms with E-state index in [1.54, 1.807) is 30.3 Å². The molecular weight excluding hydrogens is 526 g/mol. The Labute approximate surface area is 228 Å². The molecule has 4 unspecified atom stereocenters. The Morgan fingerprint density at radius 2 is 1.18 bits per heavy atom.